The fourth-order valence-electron chi connectivity index (χ4n) is 2.17. The van der Waals surface area contributed by atoms with E-state index >= 15 is 0 Å². The van der Waals surface area contributed by atoms with Crippen molar-refractivity contribution in [2.24, 2.45) is 5.73 Å². The van der Waals surface area contributed by atoms with Gasteiger partial charge in [-0.2, -0.15) is 13.2 Å². The molecule has 0 aromatic carbocycles. The van der Waals surface area contributed by atoms with E-state index in [1.807, 2.05) is 0 Å². The molecule has 0 spiro atoms. The molecule has 3 N–H and O–H groups in total. The molecule has 18 heavy (non-hydrogen) atoms. The second-order valence-electron chi connectivity index (χ2n) is 4.49. The summed E-state index contributed by atoms with van der Waals surface area (Å²) in [5, 5.41) is 9.17. The molecule has 1 aliphatic carbocycles. The van der Waals surface area contributed by atoms with E-state index in [2.05, 4.69) is 4.98 Å². The molecule has 4 nitrogen and oxygen atoms in total. The van der Waals surface area contributed by atoms with Gasteiger partial charge in [0.15, 0.2) is 0 Å². The summed E-state index contributed by atoms with van der Waals surface area (Å²) >= 11 is 0. The molecule has 1 aromatic heterocycles. The van der Waals surface area contributed by atoms with Crippen LogP contribution >= 0.6 is 0 Å². The SMILES string of the molecule is NC1CC(C(=O)O)(c2ccc(C(F)(F)F)cn2)C1. The van der Waals surface area contributed by atoms with Gasteiger partial charge in [-0.05, 0) is 25.0 Å². The van der Waals surface area contributed by atoms with Crippen LogP contribution in [0.4, 0.5) is 13.2 Å². The average Bonchev–Trinajstić information content (AvgIpc) is 2.23. The molecule has 0 amide bonds. The number of nitrogens with zero attached hydrogens (tertiary/aromatic N) is 1. The normalized spacial score (nSPS) is 27.7. The summed E-state index contributed by atoms with van der Waals surface area (Å²) in [6, 6.07) is 1.71. The first-order valence-corrected chi connectivity index (χ1v) is 5.28. The van der Waals surface area contributed by atoms with Gasteiger partial charge in [0, 0.05) is 12.2 Å². The van der Waals surface area contributed by atoms with E-state index in [0.717, 1.165) is 12.1 Å². The fourth-order valence-corrected chi connectivity index (χ4v) is 2.17. The van der Waals surface area contributed by atoms with Crippen molar-refractivity contribution >= 4 is 5.97 Å². The lowest BCUT2D eigenvalue weighted by Crippen LogP contribution is -2.54. The minimum atomic E-state index is -4.47. The number of aromatic nitrogens is 1. The van der Waals surface area contributed by atoms with E-state index in [4.69, 9.17) is 10.8 Å². The molecular weight excluding hydrogens is 249 g/mol. The van der Waals surface area contributed by atoms with Crippen molar-refractivity contribution in [1.82, 2.24) is 4.98 Å². The van der Waals surface area contributed by atoms with Crippen molar-refractivity contribution in [1.29, 1.82) is 0 Å². The highest BCUT2D eigenvalue weighted by Gasteiger charge is 2.51. The van der Waals surface area contributed by atoms with Gasteiger partial charge >= 0.3 is 12.1 Å². The second kappa shape index (κ2) is 3.94. The third-order valence-electron chi connectivity index (χ3n) is 3.21. The number of alkyl halides is 3. The lowest BCUT2D eigenvalue weighted by Gasteiger charge is -2.42. The van der Waals surface area contributed by atoms with Crippen LogP contribution in [0, 0.1) is 0 Å². The number of nitrogens with two attached hydrogens (primary N) is 1. The Balaban J connectivity index is 2.32. The summed E-state index contributed by atoms with van der Waals surface area (Å²) in [4.78, 5) is 14.9. The maximum atomic E-state index is 12.4. The summed E-state index contributed by atoms with van der Waals surface area (Å²) in [6.45, 7) is 0. The zero-order valence-electron chi connectivity index (χ0n) is 9.24. The number of hydrogen-bond donors (Lipinski definition) is 2. The van der Waals surface area contributed by atoms with Gasteiger partial charge in [-0.15, -0.1) is 0 Å². The molecule has 7 heteroatoms. The zero-order valence-corrected chi connectivity index (χ0v) is 9.24. The van der Waals surface area contributed by atoms with Crippen LogP contribution in [0.5, 0.6) is 0 Å². The van der Waals surface area contributed by atoms with Gasteiger partial charge in [0.05, 0.1) is 11.3 Å². The molecule has 1 aliphatic rings. The summed E-state index contributed by atoms with van der Waals surface area (Å²) in [5.74, 6) is -1.10. The van der Waals surface area contributed by atoms with Crippen LogP contribution < -0.4 is 5.73 Å². The third-order valence-corrected chi connectivity index (χ3v) is 3.21. The van der Waals surface area contributed by atoms with Crippen LogP contribution in [0.25, 0.3) is 0 Å². The molecule has 0 aliphatic heterocycles. The number of pyridine rings is 1. The van der Waals surface area contributed by atoms with Crippen molar-refractivity contribution in [3.8, 4) is 0 Å². The summed E-state index contributed by atoms with van der Waals surface area (Å²) in [7, 11) is 0. The molecule has 2 rings (SSSR count). The van der Waals surface area contributed by atoms with Gasteiger partial charge in [-0.1, -0.05) is 0 Å². The highest BCUT2D eigenvalue weighted by atomic mass is 19.4. The number of aliphatic carboxylic acids is 1. The van der Waals surface area contributed by atoms with Crippen LogP contribution in [0.1, 0.15) is 24.1 Å². The maximum absolute atomic E-state index is 12.4. The fraction of sp³-hybridized carbons (Fsp3) is 0.455. The zero-order chi connectivity index (χ0) is 13.6. The molecular formula is C11H11F3N2O2. The third kappa shape index (κ3) is 1.94. The van der Waals surface area contributed by atoms with E-state index in [-0.39, 0.29) is 24.6 Å². The Morgan fingerprint density at radius 2 is 2.06 bits per heavy atom. The highest BCUT2D eigenvalue weighted by Crippen LogP contribution is 2.42. The lowest BCUT2D eigenvalue weighted by atomic mass is 9.63. The first-order valence-electron chi connectivity index (χ1n) is 5.28. The maximum Gasteiger partial charge on any atom is 0.417 e. The molecule has 0 bridgehead atoms. The van der Waals surface area contributed by atoms with Crippen molar-refractivity contribution in [3.05, 3.63) is 29.6 Å². The molecule has 0 unspecified atom stereocenters. The van der Waals surface area contributed by atoms with Gasteiger partial charge in [-0.25, -0.2) is 0 Å². The Bertz CT molecular complexity index is 464. The summed E-state index contributed by atoms with van der Waals surface area (Å²) < 4.78 is 37.1. The van der Waals surface area contributed by atoms with Crippen LogP contribution in [-0.4, -0.2) is 22.1 Å². The molecule has 0 radical (unpaired) electrons. The Kier molecular flexibility index (Phi) is 2.81. The second-order valence-corrected chi connectivity index (χ2v) is 4.49. The quantitative estimate of drug-likeness (QED) is 0.845. The van der Waals surface area contributed by atoms with Gasteiger partial charge in [0.25, 0.3) is 0 Å². The number of carbonyl (C=O) groups is 1. The predicted octanol–water partition coefficient (Wildman–Crippen LogP) is 1.54. The molecule has 0 atom stereocenters. The number of carboxylic acids is 1. The molecule has 1 saturated carbocycles. The van der Waals surface area contributed by atoms with E-state index in [1.165, 1.54) is 0 Å². The van der Waals surface area contributed by atoms with E-state index in [0.29, 0.717) is 6.20 Å². The van der Waals surface area contributed by atoms with E-state index < -0.39 is 23.1 Å². The Morgan fingerprint density at radius 1 is 1.44 bits per heavy atom. The van der Waals surface area contributed by atoms with Crippen LogP contribution in [-0.2, 0) is 16.4 Å². The largest absolute Gasteiger partial charge is 0.481 e. The number of halogens is 3. The van der Waals surface area contributed by atoms with Crippen LogP contribution in [0.15, 0.2) is 18.3 Å². The Labute approximate surface area is 101 Å². The van der Waals surface area contributed by atoms with Gasteiger partial charge in [0.1, 0.15) is 5.41 Å². The van der Waals surface area contributed by atoms with Gasteiger partial charge < -0.3 is 10.8 Å². The Hall–Kier alpha value is -1.63. The van der Waals surface area contributed by atoms with Crippen LogP contribution in [0.2, 0.25) is 0 Å². The minimum Gasteiger partial charge on any atom is -0.481 e. The predicted molar refractivity (Wildman–Crippen MR) is 55.8 cm³/mol. The average molecular weight is 260 g/mol. The highest BCUT2D eigenvalue weighted by molar-refractivity contribution is 5.82. The number of rotatable bonds is 2. The van der Waals surface area contributed by atoms with Gasteiger partial charge in [-0.3, -0.25) is 9.78 Å². The summed E-state index contributed by atoms with van der Waals surface area (Å²) in [6.07, 6.45) is -3.43. The first kappa shape index (κ1) is 12.8. The molecule has 1 heterocycles. The summed E-state index contributed by atoms with van der Waals surface area (Å²) in [5.41, 5.74) is 3.56. The van der Waals surface area contributed by atoms with Crippen molar-refractivity contribution in [2.75, 3.05) is 0 Å². The first-order chi connectivity index (χ1) is 8.25. The standard InChI is InChI=1S/C11H11F3N2O2/c12-11(13,14)6-1-2-8(16-5-6)10(9(17)18)3-7(15)4-10/h1-2,5,7H,3-4,15H2,(H,17,18). The van der Waals surface area contributed by atoms with Gasteiger partial charge in [0.2, 0.25) is 0 Å². The van der Waals surface area contributed by atoms with Crippen molar-refractivity contribution < 1.29 is 23.1 Å². The molecule has 1 fully saturated rings. The minimum absolute atomic E-state index is 0.129. The Morgan fingerprint density at radius 3 is 2.39 bits per heavy atom. The van der Waals surface area contributed by atoms with Crippen molar-refractivity contribution in [2.45, 2.75) is 30.5 Å². The molecule has 1 aromatic rings. The van der Waals surface area contributed by atoms with E-state index in [1.54, 1.807) is 0 Å². The molecule has 98 valence electrons. The smallest absolute Gasteiger partial charge is 0.417 e. The van der Waals surface area contributed by atoms with E-state index in [9.17, 15) is 18.0 Å². The topological polar surface area (TPSA) is 76.2 Å². The van der Waals surface area contributed by atoms with Crippen LogP contribution in [0.3, 0.4) is 0 Å². The number of hydrogen-bond acceptors (Lipinski definition) is 3. The van der Waals surface area contributed by atoms with Crippen molar-refractivity contribution in [3.63, 3.8) is 0 Å². The monoisotopic (exact) mass is 260 g/mol. The molecule has 0 saturated heterocycles. The number of carboxylic acid groups (broad SMARTS) is 1. The lowest BCUT2D eigenvalue weighted by molar-refractivity contribution is -0.148.